The predicted molar refractivity (Wildman–Crippen MR) is 206 cm³/mol. The van der Waals surface area contributed by atoms with Gasteiger partial charge in [-0.2, -0.15) is 5.26 Å². The molecule has 1 atom stereocenters. The molecule has 5 aromatic rings. The Morgan fingerprint density at radius 3 is 2.46 bits per heavy atom. The van der Waals surface area contributed by atoms with Gasteiger partial charge in [-0.25, -0.2) is 9.37 Å². The number of halogens is 1. The number of nitrogens with two attached hydrogens (primary N) is 2. The van der Waals surface area contributed by atoms with Crippen molar-refractivity contribution in [1.29, 1.82) is 5.26 Å². The van der Waals surface area contributed by atoms with Crippen LogP contribution in [-0.2, 0) is 20.8 Å². The summed E-state index contributed by atoms with van der Waals surface area (Å²) in [7, 11) is 1.55. The van der Waals surface area contributed by atoms with E-state index in [1.807, 2.05) is 13.0 Å². The molecule has 2 saturated heterocycles. The van der Waals surface area contributed by atoms with Crippen LogP contribution >= 0.6 is 0 Å². The van der Waals surface area contributed by atoms with E-state index in [-0.39, 0.29) is 40.9 Å². The Kier molecular flexibility index (Phi) is 11.1. The Hall–Kier alpha value is -6.14. The van der Waals surface area contributed by atoms with Gasteiger partial charge in [0, 0.05) is 66.8 Å². The SMILES string of the molecule is COc1cc(-c2cnc(N)c(-c3ccc(-c4cc(C)cnc4-c4cn(CC5(C#N)CCOCC5)cc(C(N)=O)c4=O)cc3F)c2)ccc1OC[C@H]1COCCO1. The predicted octanol–water partition coefficient (Wildman–Crippen LogP) is 5.56. The third kappa shape index (κ3) is 7.97. The molecule has 2 aliphatic rings. The van der Waals surface area contributed by atoms with Crippen molar-refractivity contribution in [3.8, 4) is 62.2 Å². The van der Waals surface area contributed by atoms with Gasteiger partial charge in [0.2, 0.25) is 5.43 Å². The zero-order chi connectivity index (χ0) is 39.4. The third-order valence-corrected chi connectivity index (χ3v) is 10.1. The van der Waals surface area contributed by atoms with Gasteiger partial charge in [0.25, 0.3) is 5.91 Å². The topological polar surface area (TPSA) is 187 Å². The van der Waals surface area contributed by atoms with Gasteiger partial charge in [0.15, 0.2) is 11.5 Å². The normalized spacial score (nSPS) is 16.5. The summed E-state index contributed by atoms with van der Waals surface area (Å²) >= 11 is 0. The van der Waals surface area contributed by atoms with E-state index in [2.05, 4.69) is 16.0 Å². The maximum atomic E-state index is 16.3. The van der Waals surface area contributed by atoms with Crippen molar-refractivity contribution in [2.24, 2.45) is 11.1 Å². The fourth-order valence-electron chi connectivity index (χ4n) is 7.02. The number of nitrogen functional groups attached to an aromatic ring is 1. The Morgan fingerprint density at radius 1 is 0.946 bits per heavy atom. The van der Waals surface area contributed by atoms with Crippen LogP contribution in [0.1, 0.15) is 28.8 Å². The van der Waals surface area contributed by atoms with Crippen molar-refractivity contribution >= 4 is 11.7 Å². The highest BCUT2D eigenvalue weighted by Crippen LogP contribution is 2.38. The molecule has 2 fully saturated rings. The standard InChI is InChI=1S/C42H41FN6O7/c1-25-13-31(38(47-17-25)33-19-49(20-34(39(33)50)41(46)51)24-42(23-44)7-9-53-10-8-42)27-3-5-30(35(43)15-27)32-14-28(18-48-40(32)45)26-4-6-36(37(16-26)52-2)56-22-29-21-54-11-12-55-29/h3-6,13-20,29H,7-12,21-22,24H2,1-2H3,(H2,45,48)(H2,46,51)/t29-/m1/s1. The average molecular weight is 761 g/mol. The molecule has 0 saturated carbocycles. The number of benzene rings is 2. The highest BCUT2D eigenvalue weighted by atomic mass is 19.1. The van der Waals surface area contributed by atoms with Gasteiger partial charge in [-0.1, -0.05) is 18.2 Å². The number of rotatable bonds is 11. The van der Waals surface area contributed by atoms with Gasteiger partial charge in [0.05, 0.1) is 49.7 Å². The van der Waals surface area contributed by atoms with Crippen LogP contribution < -0.4 is 26.4 Å². The number of nitriles is 1. The molecule has 0 spiro atoms. The van der Waals surface area contributed by atoms with E-state index in [1.54, 1.807) is 66.7 Å². The number of methoxy groups -OCH3 is 1. The zero-order valence-corrected chi connectivity index (χ0v) is 31.0. The van der Waals surface area contributed by atoms with Crippen LogP contribution in [0.15, 0.2) is 78.1 Å². The number of carbonyl (C=O) groups excluding carboxylic acids is 1. The highest BCUT2D eigenvalue weighted by molar-refractivity contribution is 5.94. The molecule has 2 aliphatic heterocycles. The lowest BCUT2D eigenvalue weighted by molar-refractivity contribution is -0.101. The minimum absolute atomic E-state index is 0.0882. The molecule has 0 aliphatic carbocycles. The van der Waals surface area contributed by atoms with E-state index >= 15 is 4.39 Å². The van der Waals surface area contributed by atoms with Crippen LogP contribution in [0.5, 0.6) is 11.5 Å². The minimum atomic E-state index is -0.913. The second-order valence-corrected chi connectivity index (χ2v) is 14.0. The zero-order valence-electron chi connectivity index (χ0n) is 31.0. The van der Waals surface area contributed by atoms with Crippen molar-refractivity contribution < 1.29 is 32.9 Å². The first-order valence-corrected chi connectivity index (χ1v) is 18.1. The summed E-state index contributed by atoms with van der Waals surface area (Å²) in [4.78, 5) is 35.3. The number of nitrogens with zero attached hydrogens (tertiary/aromatic N) is 4. The van der Waals surface area contributed by atoms with Crippen LogP contribution in [0, 0.1) is 29.5 Å². The Labute approximate surface area is 322 Å². The van der Waals surface area contributed by atoms with Gasteiger partial charge in [-0.3, -0.25) is 14.6 Å². The number of anilines is 1. The summed E-state index contributed by atoms with van der Waals surface area (Å²) in [5, 5.41) is 10.1. The quantitative estimate of drug-likeness (QED) is 0.172. The summed E-state index contributed by atoms with van der Waals surface area (Å²) in [5.74, 6) is -0.342. The van der Waals surface area contributed by atoms with E-state index in [1.165, 1.54) is 12.3 Å². The molecule has 14 heteroatoms. The number of aromatic nitrogens is 3. The van der Waals surface area contributed by atoms with Crippen LogP contribution in [0.4, 0.5) is 10.2 Å². The number of hydrogen-bond donors (Lipinski definition) is 2. The molecular formula is C42H41FN6O7. The molecule has 288 valence electrons. The number of amides is 1. The number of aryl methyl sites for hydroxylation is 1. The number of primary amides is 1. The molecule has 4 N–H and O–H groups in total. The first-order chi connectivity index (χ1) is 27.1. The molecule has 56 heavy (non-hydrogen) atoms. The van der Waals surface area contributed by atoms with E-state index in [9.17, 15) is 14.9 Å². The van der Waals surface area contributed by atoms with Crippen molar-refractivity contribution in [2.45, 2.75) is 32.4 Å². The average Bonchev–Trinajstić information content (AvgIpc) is 3.21. The molecule has 1 amide bonds. The smallest absolute Gasteiger partial charge is 0.254 e. The lowest BCUT2D eigenvalue weighted by Gasteiger charge is -2.31. The fourth-order valence-corrected chi connectivity index (χ4v) is 7.02. The fraction of sp³-hybridized carbons (Fsp3) is 0.310. The largest absolute Gasteiger partial charge is 0.493 e. The Morgan fingerprint density at radius 2 is 1.75 bits per heavy atom. The van der Waals surface area contributed by atoms with Crippen LogP contribution in [0.3, 0.4) is 0 Å². The summed E-state index contributed by atoms with van der Waals surface area (Å²) in [6.07, 6.45) is 6.93. The molecule has 0 unspecified atom stereocenters. The summed E-state index contributed by atoms with van der Waals surface area (Å²) in [6.45, 7) is 4.71. The molecule has 0 radical (unpaired) electrons. The lowest BCUT2D eigenvalue weighted by atomic mass is 9.81. The molecule has 13 nitrogen and oxygen atoms in total. The van der Waals surface area contributed by atoms with Gasteiger partial charge < -0.3 is 39.7 Å². The third-order valence-electron chi connectivity index (χ3n) is 10.1. The van der Waals surface area contributed by atoms with Crippen molar-refractivity contribution in [1.82, 2.24) is 14.5 Å². The molecule has 2 aromatic carbocycles. The summed E-state index contributed by atoms with van der Waals surface area (Å²) < 4.78 is 46.1. The van der Waals surface area contributed by atoms with Gasteiger partial charge in [-0.15, -0.1) is 0 Å². The van der Waals surface area contributed by atoms with Gasteiger partial charge >= 0.3 is 0 Å². The Balaban J connectivity index is 1.22. The molecule has 5 heterocycles. The van der Waals surface area contributed by atoms with Crippen LogP contribution in [0.25, 0.3) is 44.6 Å². The summed E-state index contributed by atoms with van der Waals surface area (Å²) in [6, 6.07) is 16.1. The van der Waals surface area contributed by atoms with Crippen LogP contribution in [0.2, 0.25) is 0 Å². The van der Waals surface area contributed by atoms with Crippen molar-refractivity contribution in [2.75, 3.05) is 52.5 Å². The van der Waals surface area contributed by atoms with E-state index < -0.39 is 22.6 Å². The maximum absolute atomic E-state index is 16.3. The lowest BCUT2D eigenvalue weighted by Crippen LogP contribution is -2.34. The van der Waals surface area contributed by atoms with Gasteiger partial charge in [0.1, 0.15) is 29.9 Å². The number of hydrogen-bond acceptors (Lipinski definition) is 11. The monoisotopic (exact) mass is 760 g/mol. The highest BCUT2D eigenvalue weighted by Gasteiger charge is 2.34. The van der Waals surface area contributed by atoms with Crippen molar-refractivity contribution in [3.63, 3.8) is 0 Å². The minimum Gasteiger partial charge on any atom is -0.493 e. The second-order valence-electron chi connectivity index (χ2n) is 14.0. The van der Waals surface area contributed by atoms with E-state index in [0.717, 1.165) is 11.1 Å². The first-order valence-electron chi connectivity index (χ1n) is 18.1. The van der Waals surface area contributed by atoms with Crippen molar-refractivity contribution in [3.05, 3.63) is 100 Å². The van der Waals surface area contributed by atoms with Gasteiger partial charge in [-0.05, 0) is 66.8 Å². The molecule has 0 bridgehead atoms. The van der Waals surface area contributed by atoms with Crippen LogP contribution in [-0.4, -0.2) is 73.3 Å². The molecule has 3 aromatic heterocycles. The molecule has 7 rings (SSSR count). The summed E-state index contributed by atoms with van der Waals surface area (Å²) in [5.41, 5.74) is 14.3. The number of ether oxygens (including phenoxy) is 5. The molecular weight excluding hydrogens is 719 g/mol. The van der Waals surface area contributed by atoms with E-state index in [0.29, 0.717) is 86.2 Å². The second kappa shape index (κ2) is 16.3. The number of pyridine rings is 3. The Bertz CT molecular complexity index is 2380. The van der Waals surface area contributed by atoms with E-state index in [4.69, 9.17) is 35.2 Å². The maximum Gasteiger partial charge on any atom is 0.254 e. The number of carbonyl (C=O) groups is 1. The first kappa shape index (κ1) is 38.1.